The molecule has 1 atom stereocenters. The van der Waals surface area contributed by atoms with E-state index in [1.54, 1.807) is 0 Å². The summed E-state index contributed by atoms with van der Waals surface area (Å²) in [6.07, 6.45) is 4.67. The van der Waals surface area contributed by atoms with Crippen molar-refractivity contribution in [2.75, 3.05) is 4.90 Å². The second-order valence-corrected chi connectivity index (χ2v) is 10.1. The first-order chi connectivity index (χ1) is 10.7. The van der Waals surface area contributed by atoms with E-state index >= 15 is 0 Å². The Morgan fingerprint density at radius 2 is 1.87 bits per heavy atom. The molecule has 2 fully saturated rings. The lowest BCUT2D eigenvalue weighted by molar-refractivity contribution is -0.118. The van der Waals surface area contributed by atoms with Crippen LogP contribution in [0.3, 0.4) is 0 Å². The molecule has 1 aliphatic carbocycles. The van der Waals surface area contributed by atoms with E-state index in [0.717, 1.165) is 24.4 Å². The third-order valence-corrected chi connectivity index (χ3v) is 7.21. The lowest BCUT2D eigenvalue weighted by Gasteiger charge is -2.45. The molecule has 0 bridgehead atoms. The van der Waals surface area contributed by atoms with Crippen molar-refractivity contribution >= 4 is 23.4 Å². The zero-order chi connectivity index (χ0) is 16.8. The van der Waals surface area contributed by atoms with E-state index < -0.39 is 0 Å². The lowest BCUT2D eigenvalue weighted by Crippen LogP contribution is -2.48. The molecule has 1 aromatic rings. The fraction of sp³-hybridized carbons (Fsp3) is 0.650. The van der Waals surface area contributed by atoms with Gasteiger partial charge in [-0.1, -0.05) is 32.9 Å². The number of hydrogen-bond donors (Lipinski definition) is 0. The van der Waals surface area contributed by atoms with Crippen LogP contribution in [0.2, 0.25) is 0 Å². The van der Waals surface area contributed by atoms with Gasteiger partial charge in [0.2, 0.25) is 5.91 Å². The summed E-state index contributed by atoms with van der Waals surface area (Å²) < 4.78 is 0. The van der Waals surface area contributed by atoms with E-state index in [2.05, 4.69) is 63.8 Å². The first-order valence-electron chi connectivity index (χ1n) is 8.81. The standard InChI is InChI=1S/C20H29NOS/c1-14-7-6-8-17(13-14)21-18(22)15(2)23-20(21)11-9-16(10-12-20)19(3,4)5/h6-8,13,15-16H,9-12H2,1-5H3. The van der Waals surface area contributed by atoms with Crippen molar-refractivity contribution in [3.63, 3.8) is 0 Å². The number of benzene rings is 1. The topological polar surface area (TPSA) is 20.3 Å². The van der Waals surface area contributed by atoms with Crippen molar-refractivity contribution in [1.29, 1.82) is 0 Å². The Labute approximate surface area is 145 Å². The predicted molar refractivity (Wildman–Crippen MR) is 99.9 cm³/mol. The summed E-state index contributed by atoms with van der Waals surface area (Å²) in [5, 5.41) is 0.0710. The van der Waals surface area contributed by atoms with Crippen molar-refractivity contribution in [2.45, 2.75) is 70.4 Å². The number of aryl methyl sites for hydroxylation is 1. The molecule has 23 heavy (non-hydrogen) atoms. The molecule has 126 valence electrons. The highest BCUT2D eigenvalue weighted by atomic mass is 32.2. The highest BCUT2D eigenvalue weighted by Crippen LogP contribution is 2.54. The molecule has 1 saturated heterocycles. The van der Waals surface area contributed by atoms with Gasteiger partial charge in [0, 0.05) is 5.69 Å². The molecule has 1 spiro atoms. The van der Waals surface area contributed by atoms with Gasteiger partial charge in [-0.05, 0) is 68.6 Å². The van der Waals surface area contributed by atoms with Gasteiger partial charge >= 0.3 is 0 Å². The zero-order valence-corrected chi connectivity index (χ0v) is 15.9. The smallest absolute Gasteiger partial charge is 0.241 e. The fourth-order valence-electron chi connectivity index (χ4n) is 4.22. The summed E-state index contributed by atoms with van der Waals surface area (Å²) in [5.41, 5.74) is 2.67. The van der Waals surface area contributed by atoms with Gasteiger partial charge in [0.15, 0.2) is 0 Å². The molecule has 3 rings (SSSR count). The lowest BCUT2D eigenvalue weighted by atomic mass is 9.71. The number of anilines is 1. The Morgan fingerprint density at radius 1 is 1.22 bits per heavy atom. The monoisotopic (exact) mass is 331 g/mol. The predicted octanol–water partition coefficient (Wildman–Crippen LogP) is 5.40. The van der Waals surface area contributed by atoms with Gasteiger partial charge in [0.25, 0.3) is 0 Å². The number of carbonyl (C=O) groups is 1. The van der Waals surface area contributed by atoms with Crippen LogP contribution in [-0.2, 0) is 4.79 Å². The van der Waals surface area contributed by atoms with Gasteiger partial charge in [-0.2, -0.15) is 0 Å². The molecule has 1 saturated carbocycles. The van der Waals surface area contributed by atoms with Gasteiger partial charge in [-0.25, -0.2) is 0 Å². The van der Waals surface area contributed by atoms with Crippen LogP contribution in [0.1, 0.15) is 58.9 Å². The van der Waals surface area contributed by atoms with Crippen molar-refractivity contribution in [2.24, 2.45) is 11.3 Å². The van der Waals surface area contributed by atoms with Gasteiger partial charge in [0.1, 0.15) is 0 Å². The van der Waals surface area contributed by atoms with E-state index in [-0.39, 0.29) is 16.0 Å². The second kappa shape index (κ2) is 5.84. The molecule has 1 aromatic carbocycles. The highest BCUT2D eigenvalue weighted by molar-refractivity contribution is 8.02. The van der Waals surface area contributed by atoms with Crippen LogP contribution in [0.25, 0.3) is 0 Å². The fourth-order valence-corrected chi connectivity index (χ4v) is 5.86. The SMILES string of the molecule is Cc1cccc(N2C(=O)C(C)SC23CCC(C(C)(C)C)CC3)c1. The van der Waals surface area contributed by atoms with Gasteiger partial charge in [0.05, 0.1) is 10.1 Å². The van der Waals surface area contributed by atoms with Crippen molar-refractivity contribution in [3.05, 3.63) is 29.8 Å². The van der Waals surface area contributed by atoms with E-state index in [9.17, 15) is 4.79 Å². The number of hydrogen-bond acceptors (Lipinski definition) is 2. The normalized spacial score (nSPS) is 31.9. The number of rotatable bonds is 1. The Hall–Kier alpha value is -0.960. The summed E-state index contributed by atoms with van der Waals surface area (Å²) >= 11 is 1.89. The van der Waals surface area contributed by atoms with E-state index in [4.69, 9.17) is 0 Å². The molecule has 2 nitrogen and oxygen atoms in total. The molecular formula is C20H29NOS. The van der Waals surface area contributed by atoms with Crippen molar-refractivity contribution in [3.8, 4) is 0 Å². The Bertz CT molecular complexity index is 596. The van der Waals surface area contributed by atoms with Crippen LogP contribution in [-0.4, -0.2) is 16.0 Å². The maximum absolute atomic E-state index is 12.9. The van der Waals surface area contributed by atoms with Crippen LogP contribution in [0.4, 0.5) is 5.69 Å². The second-order valence-electron chi connectivity index (χ2n) is 8.36. The summed E-state index contributed by atoms with van der Waals surface area (Å²) in [5.74, 6) is 1.05. The van der Waals surface area contributed by atoms with Crippen LogP contribution < -0.4 is 4.90 Å². The van der Waals surface area contributed by atoms with E-state index in [1.165, 1.54) is 18.4 Å². The first kappa shape index (κ1) is 16.9. The Morgan fingerprint density at radius 3 is 2.43 bits per heavy atom. The molecular weight excluding hydrogens is 302 g/mol. The molecule has 1 heterocycles. The largest absolute Gasteiger partial charge is 0.296 e. The number of thioether (sulfide) groups is 1. The molecule has 2 aliphatic rings. The zero-order valence-electron chi connectivity index (χ0n) is 15.1. The van der Waals surface area contributed by atoms with Crippen molar-refractivity contribution < 1.29 is 4.79 Å². The minimum Gasteiger partial charge on any atom is -0.296 e. The third-order valence-electron chi connectivity index (χ3n) is 5.62. The third kappa shape index (κ3) is 3.05. The average molecular weight is 332 g/mol. The molecule has 0 radical (unpaired) electrons. The summed E-state index contributed by atoms with van der Waals surface area (Å²) in [7, 11) is 0. The van der Waals surface area contributed by atoms with E-state index in [1.807, 2.05) is 11.8 Å². The summed E-state index contributed by atoms with van der Waals surface area (Å²) in [4.78, 5) is 15.0. The molecule has 3 heteroatoms. The quantitative estimate of drug-likeness (QED) is 0.687. The maximum atomic E-state index is 12.9. The molecule has 0 N–H and O–H groups in total. The van der Waals surface area contributed by atoms with Crippen LogP contribution in [0.15, 0.2) is 24.3 Å². The molecule has 1 amide bonds. The van der Waals surface area contributed by atoms with Crippen LogP contribution in [0.5, 0.6) is 0 Å². The highest BCUT2D eigenvalue weighted by Gasteiger charge is 2.52. The summed E-state index contributed by atoms with van der Waals surface area (Å²) in [6, 6.07) is 8.43. The Balaban J connectivity index is 1.90. The van der Waals surface area contributed by atoms with E-state index in [0.29, 0.717) is 5.41 Å². The number of carbonyl (C=O) groups excluding carboxylic acids is 1. The van der Waals surface area contributed by atoms with Gasteiger partial charge in [-0.3, -0.25) is 9.69 Å². The molecule has 1 unspecified atom stereocenters. The first-order valence-corrected chi connectivity index (χ1v) is 9.69. The minimum atomic E-state index is -0.0218. The average Bonchev–Trinajstić information content (AvgIpc) is 2.69. The van der Waals surface area contributed by atoms with Crippen LogP contribution >= 0.6 is 11.8 Å². The molecule has 1 aliphatic heterocycles. The number of nitrogens with zero attached hydrogens (tertiary/aromatic N) is 1. The maximum Gasteiger partial charge on any atom is 0.241 e. The van der Waals surface area contributed by atoms with Gasteiger partial charge in [-0.15, -0.1) is 11.8 Å². The minimum absolute atomic E-state index is 0.0218. The van der Waals surface area contributed by atoms with Gasteiger partial charge < -0.3 is 0 Å². The number of amides is 1. The van der Waals surface area contributed by atoms with Crippen molar-refractivity contribution in [1.82, 2.24) is 0 Å². The molecule has 0 aromatic heterocycles. The van der Waals surface area contributed by atoms with Crippen LogP contribution in [0, 0.1) is 18.3 Å². The Kier molecular flexibility index (Phi) is 4.29. The summed E-state index contributed by atoms with van der Waals surface area (Å²) in [6.45, 7) is 11.2.